The maximum atomic E-state index is 12.4. The Morgan fingerprint density at radius 1 is 1.09 bits per heavy atom. The van der Waals surface area contributed by atoms with Gasteiger partial charge in [-0.15, -0.1) is 11.8 Å². The topological polar surface area (TPSA) is 103 Å². The van der Waals surface area contributed by atoms with Crippen molar-refractivity contribution in [1.82, 2.24) is 19.7 Å². The van der Waals surface area contributed by atoms with E-state index in [0.29, 0.717) is 22.4 Å². The number of methoxy groups -OCH3 is 1. The van der Waals surface area contributed by atoms with E-state index in [2.05, 4.69) is 28.1 Å². The number of carbonyl (C=O) groups excluding carboxylic acids is 1. The van der Waals surface area contributed by atoms with Gasteiger partial charge in [0.15, 0.2) is 5.82 Å². The standard InChI is InChI=1S/C25H20N4O4S/c1-3-34-21-13-15(29-14-26-20-10-6-9-19(22(20)29)24(30)32-2)11-12-17(21)16-7-4-5-8-18(16)23-27-25(31)33-28-23/h4-14H,3H2,1-2H3,(H,27,28,31). The molecule has 8 nitrogen and oxygen atoms in total. The third-order valence-corrected chi connectivity index (χ3v) is 6.36. The van der Waals surface area contributed by atoms with Crippen LogP contribution in [0.3, 0.4) is 0 Å². The molecule has 34 heavy (non-hydrogen) atoms. The lowest BCUT2D eigenvalue weighted by Gasteiger charge is -2.15. The van der Waals surface area contributed by atoms with Crippen LogP contribution < -0.4 is 5.76 Å². The van der Waals surface area contributed by atoms with Crippen molar-refractivity contribution in [3.05, 3.63) is 83.1 Å². The molecule has 0 unspecified atom stereocenters. The van der Waals surface area contributed by atoms with Crippen LogP contribution in [-0.4, -0.2) is 38.5 Å². The molecule has 5 rings (SSSR count). The molecule has 0 aliphatic carbocycles. The van der Waals surface area contributed by atoms with Gasteiger partial charge in [-0.2, -0.15) is 10.1 Å². The number of carbonyl (C=O) groups is 1. The van der Waals surface area contributed by atoms with Crippen molar-refractivity contribution in [1.29, 1.82) is 0 Å². The van der Waals surface area contributed by atoms with Gasteiger partial charge in [0.1, 0.15) is 6.33 Å². The highest BCUT2D eigenvalue weighted by Gasteiger charge is 2.18. The molecule has 9 heteroatoms. The van der Waals surface area contributed by atoms with Crippen LogP contribution in [0.5, 0.6) is 0 Å². The van der Waals surface area contributed by atoms with E-state index < -0.39 is 11.7 Å². The number of imidazole rings is 1. The molecule has 2 heterocycles. The molecule has 5 aromatic rings. The Morgan fingerprint density at radius 3 is 2.65 bits per heavy atom. The van der Waals surface area contributed by atoms with E-state index in [1.54, 1.807) is 30.2 Å². The molecule has 2 aromatic heterocycles. The highest BCUT2D eigenvalue weighted by atomic mass is 32.2. The first kappa shape index (κ1) is 21.7. The molecule has 0 atom stereocenters. The zero-order valence-corrected chi connectivity index (χ0v) is 19.3. The monoisotopic (exact) mass is 472 g/mol. The van der Waals surface area contributed by atoms with E-state index in [1.165, 1.54) is 7.11 Å². The van der Waals surface area contributed by atoms with Crippen LogP contribution >= 0.6 is 11.8 Å². The Labute approximate surface area is 198 Å². The third-order valence-electron chi connectivity index (χ3n) is 5.43. The number of nitrogens with zero attached hydrogens (tertiary/aromatic N) is 3. The Bertz CT molecular complexity index is 1570. The summed E-state index contributed by atoms with van der Waals surface area (Å²) in [4.78, 5) is 33.3. The Hall–Kier alpha value is -4.11. The van der Waals surface area contributed by atoms with Gasteiger partial charge in [-0.25, -0.2) is 14.6 Å². The number of hydrogen-bond donors (Lipinski definition) is 1. The van der Waals surface area contributed by atoms with Crippen LogP contribution in [0.25, 0.3) is 39.2 Å². The number of hydrogen-bond acceptors (Lipinski definition) is 7. The number of thioether (sulfide) groups is 1. The number of H-pyrrole nitrogens is 1. The largest absolute Gasteiger partial charge is 0.465 e. The molecule has 0 spiro atoms. The minimum atomic E-state index is -0.670. The lowest BCUT2D eigenvalue weighted by molar-refractivity contribution is 0.0602. The second kappa shape index (κ2) is 9.03. The highest BCUT2D eigenvalue weighted by molar-refractivity contribution is 7.99. The lowest BCUT2D eigenvalue weighted by Crippen LogP contribution is -2.05. The summed E-state index contributed by atoms with van der Waals surface area (Å²) in [5.41, 5.74) is 5.39. The molecule has 0 fully saturated rings. The second-order valence-electron chi connectivity index (χ2n) is 7.37. The molecule has 0 bridgehead atoms. The van der Waals surface area contributed by atoms with Crippen molar-refractivity contribution >= 4 is 28.8 Å². The number of benzene rings is 3. The molecular formula is C25H20N4O4S. The number of ether oxygens (including phenoxy) is 1. The average molecular weight is 473 g/mol. The van der Waals surface area contributed by atoms with Crippen molar-refractivity contribution < 1.29 is 14.1 Å². The van der Waals surface area contributed by atoms with Gasteiger partial charge in [0, 0.05) is 16.1 Å². The molecule has 0 radical (unpaired) electrons. The lowest BCUT2D eigenvalue weighted by atomic mass is 9.99. The number of aromatic amines is 1. The molecule has 0 saturated carbocycles. The van der Waals surface area contributed by atoms with Crippen LogP contribution in [0, 0.1) is 0 Å². The quantitative estimate of drug-likeness (QED) is 0.276. The number of rotatable bonds is 6. The molecule has 3 aromatic carbocycles. The first-order valence-corrected chi connectivity index (χ1v) is 11.6. The summed E-state index contributed by atoms with van der Waals surface area (Å²) >= 11 is 1.70. The summed E-state index contributed by atoms with van der Waals surface area (Å²) in [6.07, 6.45) is 1.71. The predicted molar refractivity (Wildman–Crippen MR) is 130 cm³/mol. The SMILES string of the molecule is CCSc1cc(-n2cnc3cccc(C(=O)OC)c32)ccc1-c1ccccc1-c1nc(=O)o[nH]1. The molecule has 1 N–H and O–H groups in total. The van der Waals surface area contributed by atoms with E-state index >= 15 is 0 Å². The maximum Gasteiger partial charge on any atom is 0.460 e. The third kappa shape index (κ3) is 3.80. The molecule has 0 aliphatic heterocycles. The minimum Gasteiger partial charge on any atom is -0.465 e. The van der Waals surface area contributed by atoms with Gasteiger partial charge in [-0.1, -0.05) is 43.3 Å². The predicted octanol–water partition coefficient (Wildman–Crippen LogP) is 4.93. The molecule has 170 valence electrons. The van der Waals surface area contributed by atoms with Gasteiger partial charge in [-0.3, -0.25) is 4.57 Å². The summed E-state index contributed by atoms with van der Waals surface area (Å²) < 4.78 is 11.7. The van der Waals surface area contributed by atoms with Gasteiger partial charge < -0.3 is 9.26 Å². The molecule has 0 saturated heterocycles. The fraction of sp³-hybridized carbons (Fsp3) is 0.120. The molecular weight excluding hydrogens is 452 g/mol. The summed E-state index contributed by atoms with van der Waals surface area (Å²) in [6.45, 7) is 2.09. The van der Waals surface area contributed by atoms with Crippen molar-refractivity contribution in [2.45, 2.75) is 11.8 Å². The van der Waals surface area contributed by atoms with E-state index in [9.17, 15) is 9.59 Å². The van der Waals surface area contributed by atoms with Crippen LogP contribution in [-0.2, 0) is 4.74 Å². The summed E-state index contributed by atoms with van der Waals surface area (Å²) in [6, 6.07) is 19.2. The first-order chi connectivity index (χ1) is 16.6. The van der Waals surface area contributed by atoms with Gasteiger partial charge in [-0.05, 0) is 41.1 Å². The fourth-order valence-corrected chi connectivity index (χ4v) is 4.81. The maximum absolute atomic E-state index is 12.4. The zero-order valence-electron chi connectivity index (χ0n) is 18.4. The van der Waals surface area contributed by atoms with E-state index in [1.807, 2.05) is 47.0 Å². The Kier molecular flexibility index (Phi) is 5.77. The summed E-state index contributed by atoms with van der Waals surface area (Å²) in [5.74, 6) is 0.150. The number of aromatic nitrogens is 4. The van der Waals surface area contributed by atoms with E-state index in [-0.39, 0.29) is 0 Å². The summed E-state index contributed by atoms with van der Waals surface area (Å²) in [5, 5.41) is 2.60. The fourth-order valence-electron chi connectivity index (χ4n) is 3.96. The first-order valence-electron chi connectivity index (χ1n) is 10.6. The van der Waals surface area contributed by atoms with Crippen molar-refractivity contribution in [3.63, 3.8) is 0 Å². The number of para-hydroxylation sites is 1. The second-order valence-corrected chi connectivity index (χ2v) is 8.67. The average Bonchev–Trinajstić information content (AvgIpc) is 3.50. The van der Waals surface area contributed by atoms with Crippen molar-refractivity contribution in [2.24, 2.45) is 0 Å². The van der Waals surface area contributed by atoms with Crippen LogP contribution in [0.2, 0.25) is 0 Å². The van der Waals surface area contributed by atoms with Crippen molar-refractivity contribution in [2.75, 3.05) is 12.9 Å². The molecule has 0 amide bonds. The summed E-state index contributed by atoms with van der Waals surface area (Å²) in [7, 11) is 1.37. The molecule has 0 aliphatic rings. The number of nitrogens with one attached hydrogen (secondary N) is 1. The van der Waals surface area contributed by atoms with Crippen LogP contribution in [0.15, 0.2) is 81.2 Å². The van der Waals surface area contributed by atoms with Gasteiger partial charge in [0.05, 0.1) is 23.7 Å². The van der Waals surface area contributed by atoms with Crippen LogP contribution in [0.4, 0.5) is 0 Å². The van der Waals surface area contributed by atoms with Crippen molar-refractivity contribution in [3.8, 4) is 28.2 Å². The van der Waals surface area contributed by atoms with E-state index in [4.69, 9.17) is 9.26 Å². The van der Waals surface area contributed by atoms with Crippen LogP contribution in [0.1, 0.15) is 17.3 Å². The Morgan fingerprint density at radius 2 is 1.91 bits per heavy atom. The van der Waals surface area contributed by atoms with Gasteiger partial charge in [0.2, 0.25) is 0 Å². The van der Waals surface area contributed by atoms with Gasteiger partial charge in [0.25, 0.3) is 0 Å². The smallest absolute Gasteiger partial charge is 0.460 e. The van der Waals surface area contributed by atoms with Gasteiger partial charge >= 0.3 is 11.7 Å². The normalized spacial score (nSPS) is 11.1. The Balaban J connectivity index is 1.68. The number of esters is 1. The zero-order chi connectivity index (χ0) is 23.7. The number of fused-ring (bicyclic) bond motifs is 1. The minimum absolute atomic E-state index is 0.375. The van der Waals surface area contributed by atoms with E-state index in [0.717, 1.165) is 33.0 Å². The highest BCUT2D eigenvalue weighted by Crippen LogP contribution is 2.38.